The lowest BCUT2D eigenvalue weighted by atomic mass is 9.99. The average molecular weight is 233 g/mol. The van der Waals surface area contributed by atoms with Crippen molar-refractivity contribution in [2.45, 2.75) is 32.4 Å². The fourth-order valence-electron chi connectivity index (χ4n) is 1.20. The minimum Gasteiger partial charge on any atom is -0.391 e. The van der Waals surface area contributed by atoms with Crippen molar-refractivity contribution >= 4 is 12.0 Å². The van der Waals surface area contributed by atoms with Crippen LogP contribution in [0.3, 0.4) is 0 Å². The third-order valence-corrected chi connectivity index (χ3v) is 2.72. The highest BCUT2D eigenvalue weighted by atomic mass is 16.3. The van der Waals surface area contributed by atoms with E-state index in [0.29, 0.717) is 0 Å². The van der Waals surface area contributed by atoms with Crippen LogP contribution in [0, 0.1) is 0 Å². The van der Waals surface area contributed by atoms with Crippen molar-refractivity contribution in [2.24, 2.45) is 0 Å². The van der Waals surface area contributed by atoms with Gasteiger partial charge in [-0.2, -0.15) is 0 Å². The topological polar surface area (TPSA) is 49.3 Å². The first-order chi connectivity index (χ1) is 7.92. The number of nitrogens with one attached hydrogen (secondary N) is 1. The SMILES string of the molecule is CC(O)C(C)(C)NC(=O)/C=C/c1ccccc1. The monoisotopic (exact) mass is 233 g/mol. The Morgan fingerprint density at radius 2 is 1.94 bits per heavy atom. The van der Waals surface area contributed by atoms with Gasteiger partial charge >= 0.3 is 0 Å². The molecule has 0 fully saturated rings. The summed E-state index contributed by atoms with van der Waals surface area (Å²) in [5.74, 6) is -0.209. The van der Waals surface area contributed by atoms with Crippen molar-refractivity contribution in [3.8, 4) is 0 Å². The molecule has 0 aromatic heterocycles. The molecule has 1 atom stereocenters. The quantitative estimate of drug-likeness (QED) is 0.781. The fraction of sp³-hybridized carbons (Fsp3) is 0.357. The molecule has 17 heavy (non-hydrogen) atoms. The van der Waals surface area contributed by atoms with Gasteiger partial charge in [-0.05, 0) is 32.4 Å². The predicted octanol–water partition coefficient (Wildman–Crippen LogP) is 1.98. The number of aliphatic hydroxyl groups excluding tert-OH is 1. The van der Waals surface area contributed by atoms with Gasteiger partial charge in [0.05, 0.1) is 11.6 Å². The van der Waals surface area contributed by atoms with Crippen LogP contribution in [0.1, 0.15) is 26.3 Å². The number of carbonyl (C=O) groups excluding carboxylic acids is 1. The van der Waals surface area contributed by atoms with Crippen LogP contribution in [0.15, 0.2) is 36.4 Å². The zero-order valence-corrected chi connectivity index (χ0v) is 10.5. The molecular formula is C14H19NO2. The van der Waals surface area contributed by atoms with Crippen molar-refractivity contribution in [1.82, 2.24) is 5.32 Å². The number of hydrogen-bond donors (Lipinski definition) is 2. The van der Waals surface area contributed by atoms with Crippen molar-refractivity contribution in [3.63, 3.8) is 0 Å². The zero-order valence-electron chi connectivity index (χ0n) is 10.5. The Kier molecular flexibility index (Phi) is 4.46. The Balaban J connectivity index is 2.59. The first-order valence-electron chi connectivity index (χ1n) is 5.65. The van der Waals surface area contributed by atoms with E-state index in [1.54, 1.807) is 26.8 Å². The molecule has 3 heteroatoms. The summed E-state index contributed by atoms with van der Waals surface area (Å²) in [4.78, 5) is 11.6. The molecule has 1 rings (SSSR count). The third kappa shape index (κ3) is 4.41. The molecule has 3 nitrogen and oxygen atoms in total. The van der Waals surface area contributed by atoms with Crippen LogP contribution < -0.4 is 5.32 Å². The van der Waals surface area contributed by atoms with Gasteiger partial charge in [0.25, 0.3) is 0 Å². The van der Waals surface area contributed by atoms with Crippen molar-refractivity contribution in [1.29, 1.82) is 0 Å². The molecule has 1 amide bonds. The molecule has 0 heterocycles. The van der Waals surface area contributed by atoms with Gasteiger partial charge in [-0.1, -0.05) is 30.3 Å². The summed E-state index contributed by atoms with van der Waals surface area (Å²) in [5, 5.41) is 12.2. The van der Waals surface area contributed by atoms with Gasteiger partial charge < -0.3 is 10.4 Å². The molecule has 0 aliphatic heterocycles. The summed E-state index contributed by atoms with van der Waals surface area (Å²) in [6.45, 7) is 5.22. The third-order valence-electron chi connectivity index (χ3n) is 2.72. The average Bonchev–Trinajstić information content (AvgIpc) is 2.27. The minimum atomic E-state index is -0.627. The van der Waals surface area contributed by atoms with Gasteiger partial charge in [0.1, 0.15) is 0 Å². The van der Waals surface area contributed by atoms with Crippen molar-refractivity contribution in [3.05, 3.63) is 42.0 Å². The Hall–Kier alpha value is -1.61. The summed E-state index contributed by atoms with van der Waals surface area (Å²) in [5.41, 5.74) is 0.343. The second-order valence-corrected chi connectivity index (χ2v) is 4.63. The first kappa shape index (κ1) is 13.5. The second-order valence-electron chi connectivity index (χ2n) is 4.63. The highest BCUT2D eigenvalue weighted by molar-refractivity contribution is 5.92. The van der Waals surface area contributed by atoms with E-state index in [1.807, 2.05) is 30.3 Å². The molecule has 0 bridgehead atoms. The highest BCUT2D eigenvalue weighted by Gasteiger charge is 2.24. The lowest BCUT2D eigenvalue weighted by Gasteiger charge is -2.28. The van der Waals surface area contributed by atoms with E-state index in [2.05, 4.69) is 5.32 Å². The summed E-state index contributed by atoms with van der Waals surface area (Å²) >= 11 is 0. The summed E-state index contributed by atoms with van der Waals surface area (Å²) in [6.07, 6.45) is 2.61. The van der Waals surface area contributed by atoms with Crippen LogP contribution in [0.25, 0.3) is 6.08 Å². The highest BCUT2D eigenvalue weighted by Crippen LogP contribution is 2.08. The van der Waals surface area contributed by atoms with E-state index in [9.17, 15) is 9.90 Å². The maximum Gasteiger partial charge on any atom is 0.244 e. The first-order valence-corrected chi connectivity index (χ1v) is 5.65. The van der Waals surface area contributed by atoms with Crippen LogP contribution in [-0.4, -0.2) is 22.7 Å². The van der Waals surface area contributed by atoms with Crippen LogP contribution in [0.5, 0.6) is 0 Å². The van der Waals surface area contributed by atoms with Crippen molar-refractivity contribution < 1.29 is 9.90 Å². The number of carbonyl (C=O) groups is 1. The molecule has 0 radical (unpaired) electrons. The molecule has 2 N–H and O–H groups in total. The van der Waals surface area contributed by atoms with Gasteiger partial charge in [-0.15, -0.1) is 0 Å². The maximum atomic E-state index is 11.6. The molecule has 0 saturated heterocycles. The predicted molar refractivity (Wildman–Crippen MR) is 69.4 cm³/mol. The molecule has 0 spiro atoms. The van der Waals surface area contributed by atoms with E-state index < -0.39 is 11.6 Å². The maximum absolute atomic E-state index is 11.6. The Morgan fingerprint density at radius 3 is 2.47 bits per heavy atom. The van der Waals surface area contributed by atoms with Crippen molar-refractivity contribution in [2.75, 3.05) is 0 Å². The number of hydrogen-bond acceptors (Lipinski definition) is 2. The van der Waals surface area contributed by atoms with Crippen LogP contribution in [0.4, 0.5) is 0 Å². The Labute approximate surface area is 102 Å². The molecule has 0 saturated carbocycles. The van der Waals surface area contributed by atoms with E-state index in [-0.39, 0.29) is 5.91 Å². The lowest BCUT2D eigenvalue weighted by molar-refractivity contribution is -0.119. The molecule has 1 aromatic carbocycles. The minimum absolute atomic E-state index is 0.209. The van der Waals surface area contributed by atoms with E-state index in [1.165, 1.54) is 6.08 Å². The molecular weight excluding hydrogens is 214 g/mol. The van der Waals surface area contributed by atoms with E-state index in [4.69, 9.17) is 0 Å². The van der Waals surface area contributed by atoms with E-state index >= 15 is 0 Å². The lowest BCUT2D eigenvalue weighted by Crippen LogP contribution is -2.50. The molecule has 92 valence electrons. The smallest absolute Gasteiger partial charge is 0.244 e. The largest absolute Gasteiger partial charge is 0.391 e. The normalized spacial score (nSPS) is 13.6. The second kappa shape index (κ2) is 5.64. The number of benzene rings is 1. The molecule has 1 unspecified atom stereocenters. The van der Waals surface area contributed by atoms with Gasteiger partial charge in [-0.25, -0.2) is 0 Å². The molecule has 0 aliphatic carbocycles. The van der Waals surface area contributed by atoms with Crippen LogP contribution in [0.2, 0.25) is 0 Å². The summed E-state index contributed by atoms with van der Waals surface area (Å²) in [7, 11) is 0. The summed E-state index contributed by atoms with van der Waals surface area (Å²) in [6, 6.07) is 9.59. The fourth-order valence-corrected chi connectivity index (χ4v) is 1.20. The Morgan fingerprint density at radius 1 is 1.35 bits per heavy atom. The van der Waals surface area contributed by atoms with Crippen LogP contribution >= 0.6 is 0 Å². The van der Waals surface area contributed by atoms with Crippen LogP contribution in [-0.2, 0) is 4.79 Å². The number of amides is 1. The van der Waals surface area contributed by atoms with Gasteiger partial charge in [0.15, 0.2) is 0 Å². The van der Waals surface area contributed by atoms with Gasteiger partial charge in [0.2, 0.25) is 5.91 Å². The Bertz CT molecular complexity index is 394. The van der Waals surface area contributed by atoms with Gasteiger partial charge in [0, 0.05) is 6.08 Å². The zero-order chi connectivity index (χ0) is 12.9. The number of rotatable bonds is 4. The molecule has 1 aromatic rings. The standard InChI is InChI=1S/C14H19NO2/c1-11(16)14(2,3)15-13(17)10-9-12-7-5-4-6-8-12/h4-11,16H,1-3H3,(H,15,17)/b10-9+. The van der Waals surface area contributed by atoms with Gasteiger partial charge in [-0.3, -0.25) is 4.79 Å². The summed E-state index contributed by atoms with van der Waals surface area (Å²) < 4.78 is 0. The molecule has 0 aliphatic rings. The number of aliphatic hydroxyl groups is 1. The van der Waals surface area contributed by atoms with E-state index in [0.717, 1.165) is 5.56 Å².